The Balaban J connectivity index is 1.20. The van der Waals surface area contributed by atoms with Gasteiger partial charge in [-0.25, -0.2) is 9.97 Å². The molecule has 3 aromatic rings. The molecule has 2 aromatic heterocycles. The van der Waals surface area contributed by atoms with Gasteiger partial charge in [0.25, 0.3) is 0 Å². The molecule has 0 bridgehead atoms. The van der Waals surface area contributed by atoms with Crippen molar-refractivity contribution in [2.45, 2.75) is 26.3 Å². The summed E-state index contributed by atoms with van der Waals surface area (Å²) < 4.78 is 0. The maximum atomic E-state index is 12.5. The van der Waals surface area contributed by atoms with Gasteiger partial charge >= 0.3 is 0 Å². The predicted octanol–water partition coefficient (Wildman–Crippen LogP) is 2.74. The normalized spacial score (nSPS) is 14.2. The number of pyridine rings is 1. The van der Waals surface area contributed by atoms with Crippen LogP contribution in [0.3, 0.4) is 0 Å². The minimum Gasteiger partial charge on any atom is -0.352 e. The molecule has 1 N–H and O–H groups in total. The van der Waals surface area contributed by atoms with Crippen molar-refractivity contribution in [1.29, 1.82) is 0 Å². The first-order valence-corrected chi connectivity index (χ1v) is 11.0. The Morgan fingerprint density at radius 3 is 2.57 bits per heavy atom. The average molecular weight is 424 g/mol. The average Bonchev–Trinajstić information content (AvgIpc) is 3.21. The fourth-order valence-corrected chi connectivity index (χ4v) is 4.37. The summed E-state index contributed by atoms with van der Waals surface area (Å²) in [5.74, 6) is -0.0596. The number of nitrogens with zero attached hydrogens (tertiary/aromatic N) is 4. The monoisotopic (exact) mass is 423 g/mol. The van der Waals surface area contributed by atoms with Gasteiger partial charge in [-0.3, -0.25) is 9.59 Å². The fourth-order valence-electron chi connectivity index (χ4n) is 3.41. The van der Waals surface area contributed by atoms with E-state index < -0.39 is 0 Å². The number of aromatic nitrogens is 2. The van der Waals surface area contributed by atoms with Gasteiger partial charge in [-0.2, -0.15) is 0 Å². The Morgan fingerprint density at radius 2 is 1.83 bits per heavy atom. The van der Waals surface area contributed by atoms with E-state index in [4.69, 9.17) is 0 Å². The largest absolute Gasteiger partial charge is 0.352 e. The van der Waals surface area contributed by atoms with Crippen LogP contribution in [0.2, 0.25) is 0 Å². The first-order valence-electron chi connectivity index (χ1n) is 10.1. The van der Waals surface area contributed by atoms with Gasteiger partial charge in [-0.1, -0.05) is 41.2 Å². The molecule has 1 aliphatic heterocycles. The number of carbonyl (C=O) groups excluding carboxylic acids is 2. The number of rotatable bonds is 6. The van der Waals surface area contributed by atoms with Gasteiger partial charge in [0.2, 0.25) is 11.8 Å². The molecule has 2 amide bonds. The Bertz CT molecular complexity index is 992. The highest BCUT2D eigenvalue weighted by Crippen LogP contribution is 2.27. The van der Waals surface area contributed by atoms with E-state index in [2.05, 4.69) is 20.2 Å². The number of aryl methyl sites for hydroxylation is 1. The van der Waals surface area contributed by atoms with E-state index in [0.29, 0.717) is 19.6 Å². The number of hydrogen-bond donors (Lipinski definition) is 1. The number of hydrogen-bond acceptors (Lipinski definition) is 6. The number of fused-ring (bicyclic) bond motifs is 1. The zero-order chi connectivity index (χ0) is 20.9. The number of anilines is 1. The molecule has 156 valence electrons. The molecule has 8 heteroatoms. The van der Waals surface area contributed by atoms with Crippen LogP contribution in [-0.4, -0.2) is 52.9 Å². The Hall–Kier alpha value is -3.00. The molecule has 1 aromatic carbocycles. The van der Waals surface area contributed by atoms with E-state index in [-0.39, 0.29) is 24.7 Å². The van der Waals surface area contributed by atoms with Crippen LogP contribution in [0.15, 0.2) is 42.6 Å². The van der Waals surface area contributed by atoms with Crippen LogP contribution in [0.1, 0.15) is 24.0 Å². The Morgan fingerprint density at radius 1 is 1.07 bits per heavy atom. The first kappa shape index (κ1) is 20.3. The van der Waals surface area contributed by atoms with Gasteiger partial charge in [0.1, 0.15) is 10.3 Å². The van der Waals surface area contributed by atoms with E-state index in [1.165, 1.54) is 5.56 Å². The van der Waals surface area contributed by atoms with Gasteiger partial charge < -0.3 is 15.1 Å². The zero-order valence-corrected chi connectivity index (χ0v) is 17.8. The summed E-state index contributed by atoms with van der Waals surface area (Å²) in [4.78, 5) is 38.6. The van der Waals surface area contributed by atoms with Crippen LogP contribution < -0.4 is 10.2 Å². The molecule has 1 aliphatic rings. The highest BCUT2D eigenvalue weighted by atomic mass is 32.1. The van der Waals surface area contributed by atoms with Crippen molar-refractivity contribution in [3.63, 3.8) is 0 Å². The van der Waals surface area contributed by atoms with E-state index in [1.54, 1.807) is 17.5 Å². The van der Waals surface area contributed by atoms with Gasteiger partial charge in [0.15, 0.2) is 5.13 Å². The fraction of sp³-hybridized carbons (Fsp3) is 0.364. The molecule has 1 fully saturated rings. The van der Waals surface area contributed by atoms with Gasteiger partial charge in [0.05, 0.1) is 0 Å². The second kappa shape index (κ2) is 9.21. The van der Waals surface area contributed by atoms with Crippen LogP contribution in [0, 0.1) is 6.92 Å². The van der Waals surface area contributed by atoms with E-state index in [9.17, 15) is 9.59 Å². The quantitative estimate of drug-likeness (QED) is 0.660. The van der Waals surface area contributed by atoms with E-state index in [1.807, 2.05) is 48.2 Å². The molecule has 4 rings (SSSR count). The number of amides is 2. The summed E-state index contributed by atoms with van der Waals surface area (Å²) in [6.45, 7) is 5.30. The maximum absolute atomic E-state index is 12.5. The second-order valence-corrected chi connectivity index (χ2v) is 8.41. The molecule has 7 nitrogen and oxygen atoms in total. The summed E-state index contributed by atoms with van der Waals surface area (Å²) in [6, 6.07) is 11.9. The molecule has 1 saturated heterocycles. The molecule has 0 unspecified atom stereocenters. The van der Waals surface area contributed by atoms with E-state index in [0.717, 1.165) is 34.1 Å². The summed E-state index contributed by atoms with van der Waals surface area (Å²) >= 11 is 1.58. The molecule has 0 aliphatic carbocycles. The Labute approximate surface area is 179 Å². The SMILES string of the molecule is Cc1ccc(CNC(=O)CCC(=O)N2CCN(c3nc4cccnc4s3)CC2)cc1. The van der Waals surface area contributed by atoms with Crippen molar-refractivity contribution < 1.29 is 9.59 Å². The first-order chi connectivity index (χ1) is 14.6. The highest BCUT2D eigenvalue weighted by Gasteiger charge is 2.23. The lowest BCUT2D eigenvalue weighted by atomic mass is 10.1. The van der Waals surface area contributed by atoms with Crippen molar-refractivity contribution in [2.75, 3.05) is 31.1 Å². The third kappa shape index (κ3) is 4.94. The minimum atomic E-state index is -0.0930. The maximum Gasteiger partial charge on any atom is 0.223 e. The number of benzene rings is 1. The van der Waals surface area contributed by atoms with Crippen molar-refractivity contribution in [2.24, 2.45) is 0 Å². The zero-order valence-electron chi connectivity index (χ0n) is 17.0. The van der Waals surface area contributed by atoms with Crippen molar-refractivity contribution in [3.8, 4) is 0 Å². The molecular formula is C22H25N5O2S. The highest BCUT2D eigenvalue weighted by molar-refractivity contribution is 7.21. The lowest BCUT2D eigenvalue weighted by Crippen LogP contribution is -2.48. The standard InChI is InChI=1S/C22H25N5O2S/c1-16-4-6-17(7-5-16)15-24-19(28)8-9-20(29)26-11-13-27(14-12-26)22-25-18-3-2-10-23-21(18)30-22/h2-7,10H,8-9,11-15H2,1H3,(H,24,28). The van der Waals surface area contributed by atoms with E-state index >= 15 is 0 Å². The molecule has 30 heavy (non-hydrogen) atoms. The Kier molecular flexibility index (Phi) is 6.23. The second-order valence-electron chi connectivity index (χ2n) is 7.45. The number of nitrogens with one attached hydrogen (secondary N) is 1. The van der Waals surface area contributed by atoms with Crippen LogP contribution >= 0.6 is 11.3 Å². The third-order valence-corrected chi connectivity index (χ3v) is 6.27. The van der Waals surface area contributed by atoms with Crippen LogP contribution in [0.25, 0.3) is 10.3 Å². The van der Waals surface area contributed by atoms with Crippen molar-refractivity contribution in [1.82, 2.24) is 20.2 Å². The molecule has 3 heterocycles. The third-order valence-electron chi connectivity index (χ3n) is 5.23. The number of carbonyl (C=O) groups is 2. The van der Waals surface area contributed by atoms with Crippen LogP contribution in [0.5, 0.6) is 0 Å². The minimum absolute atomic E-state index is 0.0334. The summed E-state index contributed by atoms with van der Waals surface area (Å²) in [5, 5.41) is 3.84. The summed E-state index contributed by atoms with van der Waals surface area (Å²) in [6.07, 6.45) is 2.23. The van der Waals surface area contributed by atoms with Crippen LogP contribution in [0.4, 0.5) is 5.13 Å². The molecular weight excluding hydrogens is 398 g/mol. The smallest absolute Gasteiger partial charge is 0.223 e. The molecule has 0 radical (unpaired) electrons. The van der Waals surface area contributed by atoms with Gasteiger partial charge in [0, 0.05) is 51.8 Å². The predicted molar refractivity (Wildman–Crippen MR) is 118 cm³/mol. The van der Waals surface area contributed by atoms with Crippen LogP contribution in [-0.2, 0) is 16.1 Å². The van der Waals surface area contributed by atoms with Crippen molar-refractivity contribution >= 4 is 38.6 Å². The lowest BCUT2D eigenvalue weighted by Gasteiger charge is -2.34. The van der Waals surface area contributed by atoms with Crippen molar-refractivity contribution in [3.05, 3.63) is 53.7 Å². The number of thiazole rings is 1. The van der Waals surface area contributed by atoms with Gasteiger partial charge in [-0.05, 0) is 24.6 Å². The van der Waals surface area contributed by atoms with Gasteiger partial charge in [-0.15, -0.1) is 0 Å². The molecule has 0 saturated carbocycles. The summed E-state index contributed by atoms with van der Waals surface area (Å²) in [5.41, 5.74) is 3.16. The summed E-state index contributed by atoms with van der Waals surface area (Å²) in [7, 11) is 0. The molecule has 0 spiro atoms. The lowest BCUT2D eigenvalue weighted by molar-refractivity contribution is -0.133. The number of piperazine rings is 1. The topological polar surface area (TPSA) is 78.4 Å². The molecule has 0 atom stereocenters.